The van der Waals surface area contributed by atoms with E-state index in [1.54, 1.807) is 19.1 Å². The molecule has 0 atom stereocenters. The summed E-state index contributed by atoms with van der Waals surface area (Å²) >= 11 is 0. The van der Waals surface area contributed by atoms with Crippen molar-refractivity contribution in [3.8, 4) is 5.75 Å². The van der Waals surface area contributed by atoms with Crippen molar-refractivity contribution < 1.29 is 13.9 Å². The van der Waals surface area contributed by atoms with Crippen LogP contribution in [0.1, 0.15) is 32.8 Å². The Balaban J connectivity index is 2.65. The molecule has 0 saturated heterocycles. The van der Waals surface area contributed by atoms with E-state index in [-0.39, 0.29) is 17.8 Å². The van der Waals surface area contributed by atoms with E-state index in [9.17, 15) is 9.18 Å². The van der Waals surface area contributed by atoms with Crippen LogP contribution in [-0.4, -0.2) is 12.0 Å². The van der Waals surface area contributed by atoms with Gasteiger partial charge in [0.2, 0.25) is 5.91 Å². The topological polar surface area (TPSA) is 38.3 Å². The highest BCUT2D eigenvalue weighted by atomic mass is 19.1. The molecule has 0 aliphatic carbocycles. The van der Waals surface area contributed by atoms with E-state index in [1.165, 1.54) is 6.07 Å². The number of halogens is 1. The summed E-state index contributed by atoms with van der Waals surface area (Å²) in [7, 11) is 0. The van der Waals surface area contributed by atoms with Crippen molar-refractivity contribution in [1.29, 1.82) is 0 Å². The zero-order valence-corrected chi connectivity index (χ0v) is 10.4. The molecule has 1 rings (SSSR count). The van der Waals surface area contributed by atoms with Crippen LogP contribution in [0.4, 0.5) is 4.39 Å². The van der Waals surface area contributed by atoms with Gasteiger partial charge in [-0.25, -0.2) is 4.39 Å². The number of hydrogen-bond donors (Lipinski definition) is 1. The lowest BCUT2D eigenvalue weighted by Crippen LogP contribution is -2.21. The van der Waals surface area contributed by atoms with Gasteiger partial charge in [0.1, 0.15) is 0 Å². The summed E-state index contributed by atoms with van der Waals surface area (Å²) in [6.07, 6.45) is 0.368. The first-order valence-electron chi connectivity index (χ1n) is 5.74. The molecule has 0 unspecified atom stereocenters. The second-order valence-corrected chi connectivity index (χ2v) is 4.06. The summed E-state index contributed by atoms with van der Waals surface area (Å²) in [4.78, 5) is 11.1. The molecule has 1 N–H and O–H groups in total. The van der Waals surface area contributed by atoms with Crippen molar-refractivity contribution in [2.45, 2.75) is 39.8 Å². The van der Waals surface area contributed by atoms with Crippen LogP contribution in [-0.2, 0) is 11.3 Å². The monoisotopic (exact) mass is 239 g/mol. The van der Waals surface area contributed by atoms with Gasteiger partial charge in [0.25, 0.3) is 0 Å². The number of carbonyl (C=O) groups excluding carboxylic acids is 1. The minimum absolute atomic E-state index is 0.0482. The fourth-order valence-electron chi connectivity index (χ4n) is 1.33. The molecule has 94 valence electrons. The van der Waals surface area contributed by atoms with E-state index < -0.39 is 5.82 Å². The van der Waals surface area contributed by atoms with Crippen molar-refractivity contribution in [3.05, 3.63) is 29.6 Å². The zero-order chi connectivity index (χ0) is 12.8. The Morgan fingerprint density at radius 3 is 2.71 bits per heavy atom. The highest BCUT2D eigenvalue weighted by molar-refractivity contribution is 5.75. The standard InChI is InChI=1S/C13H18FNO2/c1-4-13(16)15-8-10-5-6-12(11(14)7-10)17-9(2)3/h5-7,9H,4,8H2,1-3H3,(H,15,16). The fraction of sp³-hybridized carbons (Fsp3) is 0.462. The minimum Gasteiger partial charge on any atom is -0.488 e. The third kappa shape index (κ3) is 4.43. The molecule has 0 saturated carbocycles. The highest BCUT2D eigenvalue weighted by Gasteiger charge is 2.07. The van der Waals surface area contributed by atoms with Crippen LogP contribution in [0.2, 0.25) is 0 Å². The van der Waals surface area contributed by atoms with Gasteiger partial charge < -0.3 is 10.1 Å². The molecule has 0 aliphatic rings. The van der Waals surface area contributed by atoms with Gasteiger partial charge in [0.15, 0.2) is 11.6 Å². The molecule has 0 aromatic heterocycles. The van der Waals surface area contributed by atoms with Gasteiger partial charge in [-0.15, -0.1) is 0 Å². The smallest absolute Gasteiger partial charge is 0.219 e. The third-order valence-electron chi connectivity index (χ3n) is 2.17. The Labute approximate surface area is 101 Å². The van der Waals surface area contributed by atoms with Crippen molar-refractivity contribution in [3.63, 3.8) is 0 Å². The molecule has 4 heteroatoms. The van der Waals surface area contributed by atoms with Crippen LogP contribution in [0.25, 0.3) is 0 Å². The molecule has 0 bridgehead atoms. The molecule has 0 heterocycles. The van der Waals surface area contributed by atoms with Gasteiger partial charge in [0.05, 0.1) is 6.10 Å². The normalized spacial score (nSPS) is 10.4. The summed E-state index contributed by atoms with van der Waals surface area (Å²) < 4.78 is 18.9. The zero-order valence-electron chi connectivity index (χ0n) is 10.4. The second-order valence-electron chi connectivity index (χ2n) is 4.06. The first-order chi connectivity index (χ1) is 8.02. The van der Waals surface area contributed by atoms with E-state index in [1.807, 2.05) is 13.8 Å². The molecule has 0 spiro atoms. The maximum atomic E-state index is 13.6. The Morgan fingerprint density at radius 1 is 1.47 bits per heavy atom. The second kappa shape index (κ2) is 6.23. The summed E-state index contributed by atoms with van der Waals surface area (Å²) in [6, 6.07) is 4.72. The van der Waals surface area contributed by atoms with Crippen molar-refractivity contribution in [2.75, 3.05) is 0 Å². The highest BCUT2D eigenvalue weighted by Crippen LogP contribution is 2.19. The number of ether oxygens (including phenoxy) is 1. The predicted octanol–water partition coefficient (Wildman–Crippen LogP) is 2.64. The van der Waals surface area contributed by atoms with Gasteiger partial charge in [-0.1, -0.05) is 13.0 Å². The molecule has 3 nitrogen and oxygen atoms in total. The van der Waals surface area contributed by atoms with E-state index in [2.05, 4.69) is 5.32 Å². The molecular weight excluding hydrogens is 221 g/mol. The quantitative estimate of drug-likeness (QED) is 0.857. The Bertz CT molecular complexity index is 391. The van der Waals surface area contributed by atoms with E-state index >= 15 is 0 Å². The average molecular weight is 239 g/mol. The number of carbonyl (C=O) groups is 1. The molecule has 1 amide bonds. The molecular formula is C13H18FNO2. The lowest BCUT2D eigenvalue weighted by molar-refractivity contribution is -0.120. The van der Waals surface area contributed by atoms with Gasteiger partial charge in [-0.05, 0) is 31.5 Å². The van der Waals surface area contributed by atoms with E-state index in [0.29, 0.717) is 13.0 Å². The predicted molar refractivity (Wildman–Crippen MR) is 64.3 cm³/mol. The summed E-state index contributed by atoms with van der Waals surface area (Å²) in [5, 5.41) is 2.69. The molecule has 0 radical (unpaired) electrons. The van der Waals surface area contributed by atoms with E-state index in [4.69, 9.17) is 4.74 Å². The lowest BCUT2D eigenvalue weighted by Gasteiger charge is -2.11. The molecule has 1 aromatic carbocycles. The van der Waals surface area contributed by atoms with Crippen LogP contribution in [0.3, 0.4) is 0 Å². The van der Waals surface area contributed by atoms with Crippen molar-refractivity contribution in [2.24, 2.45) is 0 Å². The average Bonchev–Trinajstić information content (AvgIpc) is 2.28. The van der Waals surface area contributed by atoms with Gasteiger partial charge in [-0.2, -0.15) is 0 Å². The Kier molecular flexibility index (Phi) is 4.94. The van der Waals surface area contributed by atoms with Crippen LogP contribution >= 0.6 is 0 Å². The van der Waals surface area contributed by atoms with Crippen LogP contribution < -0.4 is 10.1 Å². The number of rotatable bonds is 5. The van der Waals surface area contributed by atoms with Crippen LogP contribution in [0.5, 0.6) is 5.75 Å². The van der Waals surface area contributed by atoms with Gasteiger partial charge in [-0.3, -0.25) is 4.79 Å². The summed E-state index contributed by atoms with van der Waals surface area (Å²) in [5.41, 5.74) is 0.723. The van der Waals surface area contributed by atoms with E-state index in [0.717, 1.165) is 5.56 Å². The van der Waals surface area contributed by atoms with Crippen molar-refractivity contribution in [1.82, 2.24) is 5.32 Å². The lowest BCUT2D eigenvalue weighted by atomic mass is 10.2. The summed E-state index contributed by atoms with van der Waals surface area (Å²) in [6.45, 7) is 5.80. The maximum absolute atomic E-state index is 13.6. The number of nitrogens with one attached hydrogen (secondary N) is 1. The molecule has 17 heavy (non-hydrogen) atoms. The van der Waals surface area contributed by atoms with Crippen LogP contribution in [0, 0.1) is 5.82 Å². The Morgan fingerprint density at radius 2 is 2.18 bits per heavy atom. The maximum Gasteiger partial charge on any atom is 0.219 e. The fourth-order valence-corrected chi connectivity index (χ4v) is 1.33. The van der Waals surface area contributed by atoms with Crippen molar-refractivity contribution >= 4 is 5.91 Å². The number of hydrogen-bond acceptors (Lipinski definition) is 2. The van der Waals surface area contributed by atoms with Gasteiger partial charge in [0, 0.05) is 13.0 Å². The number of benzene rings is 1. The van der Waals surface area contributed by atoms with Gasteiger partial charge >= 0.3 is 0 Å². The first-order valence-corrected chi connectivity index (χ1v) is 5.74. The number of amides is 1. The minimum atomic E-state index is -0.401. The Hall–Kier alpha value is -1.58. The largest absolute Gasteiger partial charge is 0.488 e. The SMILES string of the molecule is CCC(=O)NCc1ccc(OC(C)C)c(F)c1. The molecule has 0 aliphatic heterocycles. The molecule has 1 aromatic rings. The molecule has 0 fully saturated rings. The third-order valence-corrected chi connectivity index (χ3v) is 2.17. The van der Waals surface area contributed by atoms with Crippen LogP contribution in [0.15, 0.2) is 18.2 Å². The first kappa shape index (κ1) is 13.5. The summed E-state index contributed by atoms with van der Waals surface area (Å²) in [5.74, 6) is -0.208.